The standard InChI is InChI=1S/C6H12INOS/c1-5-6(7)3-2-4-10(5,8)9/h5-6,8H,2-4H2,1H3. The molecule has 0 spiro atoms. The van der Waals surface area contributed by atoms with Gasteiger partial charge in [0.2, 0.25) is 0 Å². The second kappa shape index (κ2) is 2.97. The Bertz CT molecular complexity index is 212. The van der Waals surface area contributed by atoms with Crippen LogP contribution in [0.5, 0.6) is 0 Å². The van der Waals surface area contributed by atoms with Crippen LogP contribution in [0.1, 0.15) is 19.8 Å². The molecule has 0 aromatic heterocycles. The highest BCUT2D eigenvalue weighted by molar-refractivity contribution is 14.1. The minimum atomic E-state index is -2.22. The molecule has 4 heteroatoms. The molecule has 3 unspecified atom stereocenters. The summed E-state index contributed by atoms with van der Waals surface area (Å²) in [5.41, 5.74) is 0. The zero-order valence-corrected chi connectivity index (χ0v) is 8.94. The van der Waals surface area contributed by atoms with Crippen molar-refractivity contribution in [3.63, 3.8) is 0 Å². The van der Waals surface area contributed by atoms with E-state index in [4.69, 9.17) is 4.78 Å². The highest BCUT2D eigenvalue weighted by atomic mass is 127. The van der Waals surface area contributed by atoms with Crippen molar-refractivity contribution in [3.05, 3.63) is 0 Å². The fourth-order valence-electron chi connectivity index (χ4n) is 1.15. The van der Waals surface area contributed by atoms with Gasteiger partial charge in [0.25, 0.3) is 0 Å². The van der Waals surface area contributed by atoms with Crippen molar-refractivity contribution in [1.29, 1.82) is 4.78 Å². The van der Waals surface area contributed by atoms with Crippen molar-refractivity contribution in [2.24, 2.45) is 0 Å². The predicted molar refractivity (Wildman–Crippen MR) is 52.2 cm³/mol. The van der Waals surface area contributed by atoms with Gasteiger partial charge >= 0.3 is 0 Å². The van der Waals surface area contributed by atoms with Crippen molar-refractivity contribution in [2.75, 3.05) is 5.75 Å². The maximum Gasteiger partial charge on any atom is 0.0517 e. The SMILES string of the molecule is CC1C(I)CCCS1(=N)=O. The smallest absolute Gasteiger partial charge is 0.0517 e. The highest BCUT2D eigenvalue weighted by Crippen LogP contribution is 2.26. The van der Waals surface area contributed by atoms with Crippen LogP contribution in [0.25, 0.3) is 0 Å². The van der Waals surface area contributed by atoms with Crippen molar-refractivity contribution in [2.45, 2.75) is 28.9 Å². The van der Waals surface area contributed by atoms with Gasteiger partial charge in [-0.25, -0.2) is 4.21 Å². The molecular weight excluding hydrogens is 261 g/mol. The molecule has 0 radical (unpaired) electrons. The quantitative estimate of drug-likeness (QED) is 0.532. The number of halogens is 1. The summed E-state index contributed by atoms with van der Waals surface area (Å²) >= 11 is 2.31. The van der Waals surface area contributed by atoms with Gasteiger partial charge in [-0.15, -0.1) is 0 Å². The van der Waals surface area contributed by atoms with Gasteiger partial charge in [-0.1, -0.05) is 22.6 Å². The van der Waals surface area contributed by atoms with Gasteiger partial charge in [-0.3, -0.25) is 4.78 Å². The van der Waals surface area contributed by atoms with E-state index >= 15 is 0 Å². The number of hydrogen-bond acceptors (Lipinski definition) is 2. The van der Waals surface area contributed by atoms with E-state index in [-0.39, 0.29) is 5.25 Å². The predicted octanol–water partition coefficient (Wildman–Crippen LogP) is 2.02. The van der Waals surface area contributed by atoms with Gasteiger partial charge in [-0.05, 0) is 19.8 Å². The second-order valence-electron chi connectivity index (χ2n) is 2.79. The van der Waals surface area contributed by atoms with Crippen LogP contribution in [0.4, 0.5) is 0 Å². The first kappa shape index (κ1) is 8.77. The van der Waals surface area contributed by atoms with Crippen LogP contribution in [0.3, 0.4) is 0 Å². The summed E-state index contributed by atoms with van der Waals surface area (Å²) < 4.78 is 19.3. The summed E-state index contributed by atoms with van der Waals surface area (Å²) in [6, 6.07) is 0. The minimum absolute atomic E-state index is 0.0989. The van der Waals surface area contributed by atoms with Crippen LogP contribution in [-0.4, -0.2) is 19.1 Å². The molecule has 10 heavy (non-hydrogen) atoms. The molecule has 0 saturated carbocycles. The van der Waals surface area contributed by atoms with Gasteiger partial charge in [0.1, 0.15) is 0 Å². The molecule has 60 valence electrons. The van der Waals surface area contributed by atoms with E-state index in [9.17, 15) is 4.21 Å². The summed E-state index contributed by atoms with van der Waals surface area (Å²) in [7, 11) is -2.22. The molecule has 1 fully saturated rings. The molecule has 1 aliphatic heterocycles. The summed E-state index contributed by atoms with van der Waals surface area (Å²) in [5.74, 6) is 0.619. The Morgan fingerprint density at radius 1 is 1.70 bits per heavy atom. The second-order valence-corrected chi connectivity index (χ2v) is 7.00. The molecule has 0 aliphatic carbocycles. The maximum atomic E-state index is 11.4. The average Bonchev–Trinajstić information content (AvgIpc) is 1.83. The Hall–Kier alpha value is 0.680. The van der Waals surface area contributed by atoms with Crippen molar-refractivity contribution in [1.82, 2.24) is 0 Å². The van der Waals surface area contributed by atoms with E-state index in [2.05, 4.69) is 22.6 Å². The first-order valence-electron chi connectivity index (χ1n) is 3.43. The van der Waals surface area contributed by atoms with Crippen LogP contribution in [0, 0.1) is 4.78 Å². The molecule has 0 aromatic rings. The minimum Gasteiger partial charge on any atom is -0.253 e. The largest absolute Gasteiger partial charge is 0.253 e. The van der Waals surface area contributed by atoms with E-state index in [1.54, 1.807) is 0 Å². The third kappa shape index (κ3) is 1.64. The fourth-order valence-corrected chi connectivity index (χ4v) is 4.60. The van der Waals surface area contributed by atoms with E-state index in [1.807, 2.05) is 6.92 Å². The average molecular weight is 273 g/mol. The zero-order valence-electron chi connectivity index (χ0n) is 5.97. The van der Waals surface area contributed by atoms with Crippen LogP contribution in [0.2, 0.25) is 0 Å². The third-order valence-electron chi connectivity index (χ3n) is 2.04. The lowest BCUT2D eigenvalue weighted by molar-refractivity contribution is 0.628. The van der Waals surface area contributed by atoms with Gasteiger partial charge < -0.3 is 0 Å². The molecule has 1 aliphatic rings. The molecule has 0 aromatic carbocycles. The highest BCUT2D eigenvalue weighted by Gasteiger charge is 2.28. The van der Waals surface area contributed by atoms with Crippen molar-refractivity contribution in [3.8, 4) is 0 Å². The van der Waals surface area contributed by atoms with E-state index in [1.165, 1.54) is 0 Å². The molecule has 1 heterocycles. The number of hydrogen-bond donors (Lipinski definition) is 1. The molecule has 1 saturated heterocycles. The first-order valence-corrected chi connectivity index (χ1v) is 6.47. The Labute approximate surface area is 75.9 Å². The maximum absolute atomic E-state index is 11.4. The van der Waals surface area contributed by atoms with Crippen LogP contribution < -0.4 is 0 Å². The lowest BCUT2D eigenvalue weighted by Gasteiger charge is -2.26. The molecule has 3 atom stereocenters. The van der Waals surface area contributed by atoms with E-state index in [0.29, 0.717) is 9.68 Å². The fraction of sp³-hybridized carbons (Fsp3) is 1.00. The molecule has 0 bridgehead atoms. The first-order chi connectivity index (χ1) is 4.54. The monoisotopic (exact) mass is 273 g/mol. The zero-order chi connectivity index (χ0) is 7.78. The lowest BCUT2D eigenvalue weighted by Crippen LogP contribution is -2.33. The third-order valence-corrected chi connectivity index (χ3v) is 6.65. The number of alkyl halides is 1. The van der Waals surface area contributed by atoms with Crippen molar-refractivity contribution < 1.29 is 4.21 Å². The Kier molecular flexibility index (Phi) is 2.60. The number of nitrogens with one attached hydrogen (secondary N) is 1. The molecule has 2 nitrogen and oxygen atoms in total. The Balaban J connectivity index is 2.80. The van der Waals surface area contributed by atoms with Crippen LogP contribution in [0.15, 0.2) is 0 Å². The van der Waals surface area contributed by atoms with E-state index < -0.39 is 9.73 Å². The Morgan fingerprint density at radius 3 is 2.70 bits per heavy atom. The topological polar surface area (TPSA) is 40.9 Å². The lowest BCUT2D eigenvalue weighted by atomic mass is 10.2. The molecule has 1 N–H and O–H groups in total. The van der Waals surface area contributed by atoms with Gasteiger partial charge in [0.15, 0.2) is 0 Å². The van der Waals surface area contributed by atoms with Crippen molar-refractivity contribution >= 4 is 32.3 Å². The summed E-state index contributed by atoms with van der Waals surface area (Å²) in [4.78, 5) is 0. The summed E-state index contributed by atoms with van der Waals surface area (Å²) in [6.07, 6.45) is 2.11. The van der Waals surface area contributed by atoms with Gasteiger partial charge in [-0.2, -0.15) is 0 Å². The normalized spacial score (nSPS) is 49.0. The summed E-state index contributed by atoms with van der Waals surface area (Å²) in [6.45, 7) is 1.94. The molecular formula is C6H12INOS. The van der Waals surface area contributed by atoms with Gasteiger partial charge in [0, 0.05) is 19.4 Å². The van der Waals surface area contributed by atoms with E-state index in [0.717, 1.165) is 12.8 Å². The van der Waals surface area contributed by atoms with Crippen LogP contribution in [-0.2, 0) is 9.73 Å². The molecule has 0 amide bonds. The Morgan fingerprint density at radius 2 is 2.30 bits per heavy atom. The number of rotatable bonds is 0. The summed E-state index contributed by atoms with van der Waals surface area (Å²) in [5, 5.41) is 0.0989. The molecule has 1 rings (SSSR count). The van der Waals surface area contributed by atoms with Crippen LogP contribution >= 0.6 is 22.6 Å². The van der Waals surface area contributed by atoms with Gasteiger partial charge in [0.05, 0.1) is 5.25 Å².